The maximum Gasteiger partial charge on any atom is 0.280 e. The summed E-state index contributed by atoms with van der Waals surface area (Å²) in [5.74, 6) is 1.73. The number of thiazole rings is 4. The number of nitrogens with one attached hydrogen (secondary N) is 8. The van der Waals surface area contributed by atoms with Gasteiger partial charge < -0.3 is 92.0 Å². The van der Waals surface area contributed by atoms with Crippen molar-refractivity contribution < 1.29 is 68.3 Å². The zero-order valence-corrected chi connectivity index (χ0v) is 83.5. The summed E-state index contributed by atoms with van der Waals surface area (Å²) in [4.78, 5) is 152. The van der Waals surface area contributed by atoms with E-state index in [0.717, 1.165) is 157 Å². The Morgan fingerprint density at radius 3 is 1.04 bits per heavy atom. The molecule has 8 amide bonds. The SMILES string of the molecule is CC[C@@H](C)Nc1cc(C)c(-c2sc(C(=O)N[C@H]3COC[C@H]3O)nc2C(=O)N2CCC[C@@H]2C)cn1.CC[C@@H](C)Nc1cc(C)c(-c2sc(C(=O)N[C@H]3C[C@@H]3O)nc2C(=O)N2CCC[C@@H]2C)cn1.CC[C@@H](Nc1cc(C)c(-c2sc(C(=O)NCC(C)(C)O)nc2C(=O)N2C3CCC2CC3)cn1)C1CC1.Cc1cc(NC(C)C)ncc1-c1sc(C(=O)N[C@@H]2COC[C@@H]2O)nc1C(=O)N1CCC[C@@H]1C. The fourth-order valence-electron chi connectivity index (χ4n) is 18.0. The first-order valence-corrected chi connectivity index (χ1v) is 51.1. The monoisotopic (exact) mass is 1930 g/mol. The Morgan fingerprint density at radius 2 is 0.763 bits per heavy atom. The number of fused-ring (bicyclic) bond motifs is 2. The van der Waals surface area contributed by atoms with Crippen LogP contribution in [-0.2, 0) is 9.47 Å². The van der Waals surface area contributed by atoms with Crippen LogP contribution >= 0.6 is 45.3 Å². The highest BCUT2D eigenvalue weighted by molar-refractivity contribution is 7.18. The van der Waals surface area contributed by atoms with Crippen molar-refractivity contribution in [2.75, 3.05) is 73.9 Å². The predicted octanol–water partition coefficient (Wildman–Crippen LogP) is 12.9. The lowest BCUT2D eigenvalue weighted by Gasteiger charge is -2.22. The molecule has 8 aromatic rings. The van der Waals surface area contributed by atoms with Gasteiger partial charge in [0.15, 0.2) is 20.0 Å². The zero-order chi connectivity index (χ0) is 96.7. The maximum absolute atomic E-state index is 13.8. The number of anilines is 4. The van der Waals surface area contributed by atoms with Crippen LogP contribution in [0.4, 0.5) is 23.3 Å². The average molecular weight is 1930 g/mol. The second-order valence-electron chi connectivity index (χ2n) is 38.4. The highest BCUT2D eigenvalue weighted by Gasteiger charge is 2.46. The molecule has 9 aliphatic rings. The Kier molecular flexibility index (Phi) is 32.9. The Bertz CT molecular complexity index is 5600. The normalized spacial score (nSPS) is 22.8. The lowest BCUT2D eigenvalue weighted by molar-refractivity contribution is 0.0692. The van der Waals surface area contributed by atoms with Crippen LogP contribution < -0.4 is 42.5 Å². The van der Waals surface area contributed by atoms with Gasteiger partial charge in [-0.3, -0.25) is 38.4 Å². The second kappa shape index (κ2) is 44.1. The number of ether oxygens (including phenoxy) is 2. The van der Waals surface area contributed by atoms with Crippen LogP contribution in [-0.4, -0.2) is 276 Å². The number of carbonyl (C=O) groups is 8. The van der Waals surface area contributed by atoms with Crippen LogP contribution in [0.3, 0.4) is 0 Å². The van der Waals surface area contributed by atoms with E-state index in [1.54, 1.807) is 38.6 Å². The molecular formula is C97H132N20O14S4. The molecule has 2 saturated carbocycles. The van der Waals surface area contributed by atoms with Crippen molar-refractivity contribution in [3.05, 3.63) is 114 Å². The molecule has 12 N–H and O–H groups in total. The minimum Gasteiger partial charge on any atom is -0.391 e. The molecule has 0 spiro atoms. The van der Waals surface area contributed by atoms with E-state index in [1.165, 1.54) is 58.2 Å². The van der Waals surface area contributed by atoms with E-state index in [2.05, 4.69) is 117 Å². The summed E-state index contributed by atoms with van der Waals surface area (Å²) in [6.07, 6.45) is 21.0. The number of likely N-dealkylation sites (tertiary alicyclic amines) is 3. The number of carbonyl (C=O) groups excluding carboxylic acids is 8. The Hall–Kier alpha value is -10.2. The van der Waals surface area contributed by atoms with Crippen molar-refractivity contribution in [1.82, 2.24) is 80.7 Å². The van der Waals surface area contributed by atoms with E-state index in [9.17, 15) is 58.8 Å². The van der Waals surface area contributed by atoms with Gasteiger partial charge in [-0.1, -0.05) is 20.8 Å². The number of aromatic nitrogens is 8. The van der Waals surface area contributed by atoms with Crippen molar-refractivity contribution in [2.24, 2.45) is 5.92 Å². The van der Waals surface area contributed by atoms with Gasteiger partial charge in [0.1, 0.15) is 46.0 Å². The second-order valence-corrected chi connectivity index (χ2v) is 42.4. The number of amides is 8. The molecule has 8 aromatic heterocycles. The summed E-state index contributed by atoms with van der Waals surface area (Å²) in [5, 5.41) is 65.1. The molecule has 0 aromatic carbocycles. The molecule has 2 bridgehead atoms. The van der Waals surface area contributed by atoms with Gasteiger partial charge in [-0.2, -0.15) is 0 Å². The van der Waals surface area contributed by atoms with Crippen LogP contribution in [0.25, 0.3) is 41.8 Å². The Labute approximate surface area is 805 Å². The molecule has 2 aliphatic carbocycles. The average Bonchev–Trinajstić information content (AvgIpc) is 1.62. The van der Waals surface area contributed by atoms with E-state index in [4.69, 9.17) is 9.47 Å². The number of aryl methyl sites for hydroxylation is 4. The molecule has 7 saturated heterocycles. The molecular weight excluding hydrogens is 1800 g/mol. The molecule has 12 atom stereocenters. The van der Waals surface area contributed by atoms with Crippen molar-refractivity contribution in [1.29, 1.82) is 0 Å². The fraction of sp³-hybridized carbons (Fsp3) is 0.588. The smallest absolute Gasteiger partial charge is 0.280 e. The summed E-state index contributed by atoms with van der Waals surface area (Å²) in [6.45, 7) is 35.0. The van der Waals surface area contributed by atoms with Crippen LogP contribution in [0.5, 0.6) is 0 Å². The number of aliphatic hydroxyl groups is 4. The van der Waals surface area contributed by atoms with Gasteiger partial charge in [0.25, 0.3) is 47.3 Å². The van der Waals surface area contributed by atoms with Crippen molar-refractivity contribution in [2.45, 2.75) is 310 Å². The lowest BCUT2D eigenvalue weighted by atomic mass is 10.0. The summed E-state index contributed by atoms with van der Waals surface area (Å²) < 4.78 is 10.4. The minimum absolute atomic E-state index is 0.0887. The zero-order valence-electron chi connectivity index (χ0n) is 80.2. The Balaban J connectivity index is 0.000000144. The van der Waals surface area contributed by atoms with Gasteiger partial charge in [0.05, 0.1) is 88.0 Å². The number of rotatable bonds is 29. The Morgan fingerprint density at radius 1 is 0.437 bits per heavy atom. The van der Waals surface area contributed by atoms with Crippen molar-refractivity contribution in [3.63, 3.8) is 0 Å². The molecule has 17 rings (SSSR count). The summed E-state index contributed by atoms with van der Waals surface area (Å²) >= 11 is 4.78. The molecule has 15 heterocycles. The first-order valence-electron chi connectivity index (χ1n) is 47.8. The molecule has 728 valence electrons. The number of pyridine rings is 4. The molecule has 34 nitrogen and oxygen atoms in total. The summed E-state index contributed by atoms with van der Waals surface area (Å²) in [7, 11) is 0. The first-order chi connectivity index (χ1) is 64.4. The first kappa shape index (κ1) is 101. The van der Waals surface area contributed by atoms with Gasteiger partial charge in [-0.15, -0.1) is 45.3 Å². The van der Waals surface area contributed by atoms with E-state index < -0.39 is 47.8 Å². The van der Waals surface area contributed by atoms with Gasteiger partial charge in [0, 0.05) is 128 Å². The number of aliphatic hydroxyl groups excluding tert-OH is 3. The fourth-order valence-corrected chi connectivity index (χ4v) is 22.1. The lowest BCUT2D eigenvalue weighted by Crippen LogP contribution is -2.42. The minimum atomic E-state index is -1.04. The van der Waals surface area contributed by atoms with Gasteiger partial charge >= 0.3 is 0 Å². The van der Waals surface area contributed by atoms with E-state index in [1.807, 2.05) is 106 Å². The predicted molar refractivity (Wildman–Crippen MR) is 524 cm³/mol. The number of hydrogen-bond acceptors (Lipinski definition) is 30. The van der Waals surface area contributed by atoms with Crippen molar-refractivity contribution in [3.8, 4) is 41.8 Å². The van der Waals surface area contributed by atoms with Gasteiger partial charge in [-0.25, -0.2) is 39.9 Å². The summed E-state index contributed by atoms with van der Waals surface area (Å²) in [6, 6.07) is 8.89. The number of nitrogens with zero attached hydrogens (tertiary/aromatic N) is 12. The van der Waals surface area contributed by atoms with E-state index in [0.29, 0.717) is 75.1 Å². The highest BCUT2D eigenvalue weighted by atomic mass is 32.1. The highest BCUT2D eigenvalue weighted by Crippen LogP contribution is 2.45. The molecule has 9 fully saturated rings. The van der Waals surface area contributed by atoms with E-state index >= 15 is 0 Å². The summed E-state index contributed by atoms with van der Waals surface area (Å²) in [5.41, 5.74) is 7.18. The van der Waals surface area contributed by atoms with Crippen LogP contribution in [0.2, 0.25) is 0 Å². The largest absolute Gasteiger partial charge is 0.391 e. The van der Waals surface area contributed by atoms with Crippen LogP contribution in [0.1, 0.15) is 289 Å². The van der Waals surface area contributed by atoms with Crippen molar-refractivity contribution >= 4 is 116 Å². The van der Waals surface area contributed by atoms with Crippen LogP contribution in [0, 0.1) is 33.6 Å². The van der Waals surface area contributed by atoms with Crippen LogP contribution in [0.15, 0.2) is 49.1 Å². The van der Waals surface area contributed by atoms with E-state index in [-0.39, 0.29) is 142 Å². The molecule has 0 unspecified atom stereocenters. The van der Waals surface area contributed by atoms with Gasteiger partial charge in [0.2, 0.25) is 0 Å². The third kappa shape index (κ3) is 24.3. The maximum atomic E-state index is 13.8. The third-order valence-electron chi connectivity index (χ3n) is 26.5. The van der Waals surface area contributed by atoms with Gasteiger partial charge in [-0.05, 0) is 245 Å². The molecule has 135 heavy (non-hydrogen) atoms. The third-order valence-corrected chi connectivity index (χ3v) is 30.9. The standard InChI is InChI=1S/C27H37N5O3S.C24H33N5O4S.C23H31N5O4S.C23H31N5O3S/c1-5-20(16-6-7-16)30-21-12-15(2)19(13-28-21)23-22(26(34)32-17-8-9-18(32)11-10-17)31-25(36-23)24(33)29-14-27(3,4)35;1-5-14(3)26-19-9-13(2)16(10-25-19)21-20(24(32)29-8-6-7-15(29)4)28-23(34-21)22(31)27-17-11-33-12-18(17)30;1-12(2)25-18-8-13(3)15(9-24-18)20-19(23(31)28-7-5-6-14(28)4)27-22(33-20)21(30)26-16-10-32-11-17(16)29;1-5-13(3)25-18-9-12(2)15(11-24-18)20-19(23(31)28-8-6-7-14(28)4)27-22(32-20)21(30)26-16-10-17(16)29/h12-13,16-18,20,35H,5-11,14H2,1-4H3,(H,28,30)(H,29,33);9-10,14-15,17-18,30H,5-8,11-12H2,1-4H3,(H,25,26)(H,27,31);8-9,12,14,16-17,29H,5-7,10-11H2,1-4H3,(H,24,25)(H,26,30);9,11,13-14,16-17,29H,5-8,10H2,1-4H3,(H,24,25)(H,26,30)/t17?,18?,20-;14-,15+,17+,18-;14-,16+,17-;13-,14+,16+,17+/m1101/s1. The number of hydrogen-bond donors (Lipinski definition) is 12. The molecule has 38 heteroatoms. The topological polar surface area (TPSA) is 448 Å². The molecule has 0 radical (unpaired) electrons. The molecule has 7 aliphatic heterocycles. The quantitative estimate of drug-likeness (QED) is 0.0207.